The van der Waals surface area contributed by atoms with Gasteiger partial charge in [0.2, 0.25) is 0 Å². The van der Waals surface area contributed by atoms with Crippen molar-refractivity contribution in [2.45, 2.75) is 19.0 Å². The van der Waals surface area contributed by atoms with Gasteiger partial charge >= 0.3 is 0 Å². The zero-order valence-corrected chi connectivity index (χ0v) is 15.7. The van der Waals surface area contributed by atoms with Crippen molar-refractivity contribution in [2.24, 2.45) is 0 Å². The maximum absolute atomic E-state index is 6.27. The van der Waals surface area contributed by atoms with Crippen LogP contribution in [0.25, 0.3) is 10.9 Å². The van der Waals surface area contributed by atoms with Crippen LogP contribution in [0.4, 0.5) is 0 Å². The molecule has 0 fully saturated rings. The van der Waals surface area contributed by atoms with Crippen LogP contribution in [0, 0.1) is 0 Å². The molecule has 2 aromatic heterocycles. The molecule has 2 aromatic carbocycles. The highest BCUT2D eigenvalue weighted by atomic mass is 35.5. The molecule has 0 saturated heterocycles. The van der Waals surface area contributed by atoms with Gasteiger partial charge in [-0.1, -0.05) is 41.9 Å². The lowest BCUT2D eigenvalue weighted by Crippen LogP contribution is -2.35. The molecule has 134 valence electrons. The number of halogens is 1. The molecule has 3 heterocycles. The Bertz CT molecular complexity index is 1070. The lowest BCUT2D eigenvalue weighted by molar-refractivity contribution is 0.202. The van der Waals surface area contributed by atoms with Gasteiger partial charge in [-0.3, -0.25) is 9.88 Å². The van der Waals surface area contributed by atoms with E-state index in [0.717, 1.165) is 30.0 Å². The highest BCUT2D eigenvalue weighted by Gasteiger charge is 2.31. The maximum Gasteiger partial charge on any atom is 0.0761 e. The van der Waals surface area contributed by atoms with Gasteiger partial charge < -0.3 is 4.98 Å². The van der Waals surface area contributed by atoms with E-state index in [9.17, 15) is 0 Å². The van der Waals surface area contributed by atoms with E-state index in [2.05, 4.69) is 69.5 Å². The Hall–Kier alpha value is -2.62. The number of nitrogens with one attached hydrogen (secondary N) is 1. The summed E-state index contributed by atoms with van der Waals surface area (Å²) in [5, 5.41) is 2.03. The first-order valence-corrected chi connectivity index (χ1v) is 9.65. The minimum Gasteiger partial charge on any atom is -0.357 e. The van der Waals surface area contributed by atoms with E-state index in [1.54, 1.807) is 0 Å². The molecule has 4 aromatic rings. The minimum atomic E-state index is 0.183. The summed E-state index contributed by atoms with van der Waals surface area (Å²) in [5.41, 5.74) is 6.42. The van der Waals surface area contributed by atoms with Crippen LogP contribution in [0.5, 0.6) is 0 Å². The number of aromatic amines is 1. The molecule has 3 nitrogen and oxygen atoms in total. The number of nitrogens with zero attached hydrogens (tertiary/aromatic N) is 2. The second kappa shape index (κ2) is 6.84. The van der Waals surface area contributed by atoms with E-state index in [1.807, 2.05) is 18.5 Å². The molecule has 1 N–H and O–H groups in total. The van der Waals surface area contributed by atoms with E-state index in [-0.39, 0.29) is 6.04 Å². The molecule has 0 aliphatic carbocycles. The molecular weight excluding hydrogens is 354 g/mol. The topological polar surface area (TPSA) is 31.9 Å². The van der Waals surface area contributed by atoms with E-state index in [4.69, 9.17) is 11.6 Å². The third kappa shape index (κ3) is 3.03. The van der Waals surface area contributed by atoms with Gasteiger partial charge in [-0.2, -0.15) is 0 Å². The fraction of sp³-hybridized carbons (Fsp3) is 0.174. The molecule has 1 aliphatic heterocycles. The third-order valence-corrected chi connectivity index (χ3v) is 5.67. The van der Waals surface area contributed by atoms with Crippen LogP contribution >= 0.6 is 11.6 Å². The Morgan fingerprint density at radius 3 is 2.67 bits per heavy atom. The maximum atomic E-state index is 6.27. The Labute approximate surface area is 163 Å². The fourth-order valence-corrected chi connectivity index (χ4v) is 4.39. The average Bonchev–Trinajstić information content (AvgIpc) is 3.07. The van der Waals surface area contributed by atoms with E-state index < -0.39 is 0 Å². The molecule has 1 aliphatic rings. The average molecular weight is 374 g/mol. The number of fused-ring (bicyclic) bond motifs is 3. The smallest absolute Gasteiger partial charge is 0.0761 e. The Morgan fingerprint density at radius 2 is 1.85 bits per heavy atom. The second-order valence-corrected chi connectivity index (χ2v) is 7.53. The highest BCUT2D eigenvalue weighted by Crippen LogP contribution is 2.39. The zero-order chi connectivity index (χ0) is 18.2. The molecular formula is C23H20ClN3. The predicted octanol–water partition coefficient (Wildman–Crippen LogP) is 5.36. The molecule has 4 heteroatoms. The van der Waals surface area contributed by atoms with Gasteiger partial charge in [-0.15, -0.1) is 0 Å². The summed E-state index contributed by atoms with van der Waals surface area (Å²) in [5.74, 6) is 0. The van der Waals surface area contributed by atoms with Gasteiger partial charge in [0.1, 0.15) is 0 Å². The Balaban J connectivity index is 1.63. The SMILES string of the molecule is Clc1ccc2[nH]c3c(c2c1)CCN(Cc1ccccc1)C3c1ccncc1. The minimum absolute atomic E-state index is 0.183. The Morgan fingerprint density at radius 1 is 1.04 bits per heavy atom. The van der Waals surface area contributed by atoms with Crippen molar-refractivity contribution in [2.75, 3.05) is 6.54 Å². The van der Waals surface area contributed by atoms with E-state index >= 15 is 0 Å². The first-order valence-electron chi connectivity index (χ1n) is 9.27. The van der Waals surface area contributed by atoms with Crippen molar-refractivity contribution in [3.63, 3.8) is 0 Å². The van der Waals surface area contributed by atoms with Crippen molar-refractivity contribution in [3.05, 3.63) is 100 Å². The number of hydrogen-bond donors (Lipinski definition) is 1. The van der Waals surface area contributed by atoms with Crippen LogP contribution in [-0.2, 0) is 13.0 Å². The predicted molar refractivity (Wildman–Crippen MR) is 110 cm³/mol. The van der Waals surface area contributed by atoms with Crippen LogP contribution in [0.2, 0.25) is 5.02 Å². The molecule has 1 unspecified atom stereocenters. The van der Waals surface area contributed by atoms with E-state index in [1.165, 1.54) is 27.8 Å². The molecule has 5 rings (SSSR count). The normalized spacial score (nSPS) is 17.1. The first kappa shape index (κ1) is 16.5. The standard InChI is InChI=1S/C23H20ClN3/c24-18-6-7-21-20(14-18)19-10-13-27(15-16-4-2-1-3-5-16)23(22(19)26-21)17-8-11-25-12-9-17/h1-9,11-12,14,23,26H,10,13,15H2. The van der Waals surface area contributed by atoms with Crippen molar-refractivity contribution >= 4 is 22.5 Å². The Kier molecular flexibility index (Phi) is 4.19. The first-order chi connectivity index (χ1) is 13.3. The fourth-order valence-electron chi connectivity index (χ4n) is 4.22. The lowest BCUT2D eigenvalue weighted by Gasteiger charge is -2.36. The largest absolute Gasteiger partial charge is 0.357 e. The van der Waals surface area contributed by atoms with Crippen LogP contribution in [0.3, 0.4) is 0 Å². The van der Waals surface area contributed by atoms with Gasteiger partial charge in [0, 0.05) is 47.1 Å². The van der Waals surface area contributed by atoms with E-state index in [0.29, 0.717) is 0 Å². The van der Waals surface area contributed by atoms with Crippen LogP contribution in [0.1, 0.15) is 28.4 Å². The molecule has 0 bridgehead atoms. The number of aromatic nitrogens is 2. The second-order valence-electron chi connectivity index (χ2n) is 7.10. The van der Waals surface area contributed by atoms with Crippen molar-refractivity contribution < 1.29 is 0 Å². The van der Waals surface area contributed by atoms with Crippen LogP contribution in [-0.4, -0.2) is 21.4 Å². The van der Waals surface area contributed by atoms with Crippen molar-refractivity contribution in [3.8, 4) is 0 Å². The quantitative estimate of drug-likeness (QED) is 0.524. The summed E-state index contributed by atoms with van der Waals surface area (Å²) >= 11 is 6.27. The van der Waals surface area contributed by atoms with Gasteiger partial charge in [0.25, 0.3) is 0 Å². The van der Waals surface area contributed by atoms with Crippen LogP contribution in [0.15, 0.2) is 73.1 Å². The summed E-state index contributed by atoms with van der Waals surface area (Å²) in [6.07, 6.45) is 4.78. The van der Waals surface area contributed by atoms with Gasteiger partial charge in [0.05, 0.1) is 6.04 Å². The molecule has 0 radical (unpaired) electrons. The summed E-state index contributed by atoms with van der Waals surface area (Å²) in [4.78, 5) is 10.4. The van der Waals surface area contributed by atoms with Crippen molar-refractivity contribution in [1.29, 1.82) is 0 Å². The summed E-state index contributed by atoms with van der Waals surface area (Å²) in [6, 6.07) is 21.2. The highest BCUT2D eigenvalue weighted by molar-refractivity contribution is 6.31. The molecule has 0 amide bonds. The molecule has 27 heavy (non-hydrogen) atoms. The monoisotopic (exact) mass is 373 g/mol. The summed E-state index contributed by atoms with van der Waals surface area (Å²) in [6.45, 7) is 1.93. The van der Waals surface area contributed by atoms with Gasteiger partial charge in [-0.05, 0) is 53.4 Å². The molecule has 0 spiro atoms. The summed E-state index contributed by atoms with van der Waals surface area (Å²) in [7, 11) is 0. The summed E-state index contributed by atoms with van der Waals surface area (Å²) < 4.78 is 0. The number of H-pyrrole nitrogens is 1. The third-order valence-electron chi connectivity index (χ3n) is 5.44. The number of hydrogen-bond acceptors (Lipinski definition) is 2. The molecule has 0 saturated carbocycles. The zero-order valence-electron chi connectivity index (χ0n) is 14.9. The molecule has 1 atom stereocenters. The van der Waals surface area contributed by atoms with Gasteiger partial charge in [-0.25, -0.2) is 0 Å². The lowest BCUT2D eigenvalue weighted by atomic mass is 9.92. The number of benzene rings is 2. The van der Waals surface area contributed by atoms with Crippen molar-refractivity contribution in [1.82, 2.24) is 14.9 Å². The van der Waals surface area contributed by atoms with Gasteiger partial charge in [0.15, 0.2) is 0 Å². The van der Waals surface area contributed by atoms with Crippen LogP contribution < -0.4 is 0 Å². The number of pyridine rings is 1. The number of rotatable bonds is 3.